The summed E-state index contributed by atoms with van der Waals surface area (Å²) in [6.45, 7) is 3.38. The summed E-state index contributed by atoms with van der Waals surface area (Å²) in [5.41, 5.74) is 3.50. The molecule has 0 aliphatic carbocycles. The fraction of sp³-hybridized carbons (Fsp3) is 0.150. The average Bonchev–Trinajstić information content (AvgIpc) is 3.12. The van der Waals surface area contributed by atoms with Crippen molar-refractivity contribution in [2.24, 2.45) is 0 Å². The maximum absolute atomic E-state index is 5.65. The Bertz CT molecular complexity index is 784. The van der Waals surface area contributed by atoms with E-state index < -0.39 is 0 Å². The lowest BCUT2D eigenvalue weighted by Gasteiger charge is -2.26. The smallest absolute Gasteiger partial charge is 0.174 e. The Morgan fingerprint density at radius 1 is 1.04 bits per heavy atom. The van der Waals surface area contributed by atoms with Crippen LogP contribution in [0.25, 0.3) is 0 Å². The minimum absolute atomic E-state index is 0.572. The molecule has 3 rings (SSSR count). The van der Waals surface area contributed by atoms with Gasteiger partial charge in [0, 0.05) is 5.69 Å². The molecule has 0 spiro atoms. The Kier molecular flexibility index (Phi) is 5.29. The van der Waals surface area contributed by atoms with Crippen LogP contribution in [0.1, 0.15) is 16.9 Å². The predicted molar refractivity (Wildman–Crippen MR) is 102 cm³/mol. The van der Waals surface area contributed by atoms with Gasteiger partial charge in [-0.2, -0.15) is 0 Å². The van der Waals surface area contributed by atoms with E-state index in [1.165, 1.54) is 11.1 Å². The predicted octanol–water partition coefficient (Wildman–Crippen LogP) is 4.67. The van der Waals surface area contributed by atoms with Crippen molar-refractivity contribution in [1.82, 2.24) is 5.32 Å². The van der Waals surface area contributed by atoms with E-state index in [0.29, 0.717) is 18.2 Å². The maximum Gasteiger partial charge on any atom is 0.174 e. The van der Waals surface area contributed by atoms with Gasteiger partial charge >= 0.3 is 0 Å². The zero-order valence-electron chi connectivity index (χ0n) is 13.6. The quantitative estimate of drug-likeness (QED) is 0.686. The first-order chi connectivity index (χ1) is 11.7. The number of furan rings is 1. The van der Waals surface area contributed by atoms with Gasteiger partial charge in [-0.3, -0.25) is 0 Å². The van der Waals surface area contributed by atoms with E-state index in [2.05, 4.69) is 53.5 Å². The van der Waals surface area contributed by atoms with Crippen LogP contribution in [-0.2, 0) is 13.1 Å². The molecule has 1 N–H and O–H groups in total. The van der Waals surface area contributed by atoms with Crippen LogP contribution >= 0.6 is 12.2 Å². The molecule has 3 nitrogen and oxygen atoms in total. The zero-order chi connectivity index (χ0) is 16.8. The van der Waals surface area contributed by atoms with Crippen LogP contribution in [0.5, 0.6) is 0 Å². The molecular formula is C20H20N2OS. The molecule has 24 heavy (non-hydrogen) atoms. The first kappa shape index (κ1) is 16.3. The van der Waals surface area contributed by atoms with Gasteiger partial charge in [-0.05, 0) is 54.5 Å². The molecule has 0 saturated carbocycles. The Morgan fingerprint density at radius 2 is 1.88 bits per heavy atom. The van der Waals surface area contributed by atoms with Crippen molar-refractivity contribution in [3.63, 3.8) is 0 Å². The van der Waals surface area contributed by atoms with Crippen molar-refractivity contribution in [2.75, 3.05) is 4.90 Å². The van der Waals surface area contributed by atoms with Crippen molar-refractivity contribution in [1.29, 1.82) is 0 Å². The second-order valence-electron chi connectivity index (χ2n) is 5.65. The highest BCUT2D eigenvalue weighted by Crippen LogP contribution is 2.19. The standard InChI is InChI=1S/C20H20N2OS/c1-16-7-5-10-18(13-16)22(15-17-8-3-2-4-9-17)20(24)21-14-19-11-6-12-23-19/h2-13H,14-15H2,1H3,(H,21,24). The summed E-state index contributed by atoms with van der Waals surface area (Å²) in [6, 6.07) is 22.5. The molecule has 0 amide bonds. The SMILES string of the molecule is Cc1cccc(N(Cc2ccccc2)C(=S)NCc2ccco2)c1. The van der Waals surface area contributed by atoms with E-state index in [9.17, 15) is 0 Å². The highest BCUT2D eigenvalue weighted by molar-refractivity contribution is 7.80. The summed E-state index contributed by atoms with van der Waals surface area (Å²) in [6.07, 6.45) is 1.67. The highest BCUT2D eigenvalue weighted by Gasteiger charge is 2.13. The molecule has 1 heterocycles. The summed E-state index contributed by atoms with van der Waals surface area (Å²) in [7, 11) is 0. The summed E-state index contributed by atoms with van der Waals surface area (Å²) in [5.74, 6) is 0.862. The first-order valence-corrected chi connectivity index (χ1v) is 8.31. The van der Waals surface area contributed by atoms with Crippen molar-refractivity contribution >= 4 is 23.0 Å². The van der Waals surface area contributed by atoms with Gasteiger partial charge in [-0.15, -0.1) is 0 Å². The van der Waals surface area contributed by atoms with Gasteiger partial charge < -0.3 is 14.6 Å². The first-order valence-electron chi connectivity index (χ1n) is 7.91. The van der Waals surface area contributed by atoms with E-state index in [-0.39, 0.29) is 0 Å². The second kappa shape index (κ2) is 7.79. The third-order valence-electron chi connectivity index (χ3n) is 3.74. The number of anilines is 1. The maximum atomic E-state index is 5.65. The Balaban J connectivity index is 1.79. The molecule has 0 unspecified atom stereocenters. The molecule has 0 aliphatic rings. The van der Waals surface area contributed by atoms with Gasteiger partial charge in [0.1, 0.15) is 5.76 Å². The molecule has 0 fully saturated rings. The largest absolute Gasteiger partial charge is 0.467 e. The van der Waals surface area contributed by atoms with E-state index in [4.69, 9.17) is 16.6 Å². The Labute approximate surface area is 147 Å². The number of hydrogen-bond acceptors (Lipinski definition) is 2. The average molecular weight is 336 g/mol. The van der Waals surface area contributed by atoms with Crippen LogP contribution in [0, 0.1) is 6.92 Å². The Hall–Kier alpha value is -2.59. The van der Waals surface area contributed by atoms with E-state index in [1.54, 1.807) is 6.26 Å². The van der Waals surface area contributed by atoms with Crippen molar-refractivity contribution < 1.29 is 4.42 Å². The molecule has 0 saturated heterocycles. The molecule has 0 bridgehead atoms. The summed E-state index contributed by atoms with van der Waals surface area (Å²) in [5, 5.41) is 3.97. The van der Waals surface area contributed by atoms with Crippen molar-refractivity contribution in [2.45, 2.75) is 20.0 Å². The monoisotopic (exact) mass is 336 g/mol. The molecule has 4 heteroatoms. The number of rotatable bonds is 5. The van der Waals surface area contributed by atoms with Crippen LogP contribution in [0.4, 0.5) is 5.69 Å². The third-order valence-corrected chi connectivity index (χ3v) is 4.10. The van der Waals surface area contributed by atoms with Crippen LogP contribution in [0.3, 0.4) is 0 Å². The molecule has 0 radical (unpaired) electrons. The van der Waals surface area contributed by atoms with E-state index in [0.717, 1.165) is 11.4 Å². The molecule has 0 atom stereocenters. The van der Waals surface area contributed by atoms with Crippen LogP contribution in [0.2, 0.25) is 0 Å². The number of hydrogen-bond donors (Lipinski definition) is 1. The topological polar surface area (TPSA) is 28.4 Å². The lowest BCUT2D eigenvalue weighted by Crippen LogP contribution is -2.39. The fourth-order valence-corrected chi connectivity index (χ4v) is 2.76. The summed E-state index contributed by atoms with van der Waals surface area (Å²) in [4.78, 5) is 2.11. The van der Waals surface area contributed by atoms with Gasteiger partial charge in [-0.25, -0.2) is 0 Å². The molecule has 0 aliphatic heterocycles. The number of benzene rings is 2. The number of nitrogens with zero attached hydrogens (tertiary/aromatic N) is 1. The summed E-state index contributed by atoms with van der Waals surface area (Å²) < 4.78 is 5.37. The molecule has 1 aromatic heterocycles. The highest BCUT2D eigenvalue weighted by atomic mass is 32.1. The fourth-order valence-electron chi connectivity index (χ4n) is 2.51. The van der Waals surface area contributed by atoms with Gasteiger partial charge in [0.25, 0.3) is 0 Å². The Morgan fingerprint density at radius 3 is 2.58 bits per heavy atom. The van der Waals surface area contributed by atoms with Crippen molar-refractivity contribution in [3.8, 4) is 0 Å². The number of thiocarbonyl (C=S) groups is 1. The molecule has 122 valence electrons. The van der Waals surface area contributed by atoms with Crippen LogP contribution in [-0.4, -0.2) is 5.11 Å². The minimum atomic E-state index is 0.572. The molecule has 2 aromatic carbocycles. The van der Waals surface area contributed by atoms with E-state index in [1.807, 2.05) is 30.3 Å². The lowest BCUT2D eigenvalue weighted by molar-refractivity contribution is 0.503. The second-order valence-corrected chi connectivity index (χ2v) is 6.04. The lowest BCUT2D eigenvalue weighted by atomic mass is 10.1. The number of nitrogens with one attached hydrogen (secondary N) is 1. The minimum Gasteiger partial charge on any atom is -0.467 e. The van der Waals surface area contributed by atoms with Gasteiger partial charge in [0.15, 0.2) is 5.11 Å². The van der Waals surface area contributed by atoms with Gasteiger partial charge in [0.05, 0.1) is 19.4 Å². The van der Waals surface area contributed by atoms with Crippen LogP contribution in [0.15, 0.2) is 77.4 Å². The molecule has 3 aromatic rings. The van der Waals surface area contributed by atoms with Gasteiger partial charge in [0.2, 0.25) is 0 Å². The molecular weight excluding hydrogens is 316 g/mol. The van der Waals surface area contributed by atoms with Crippen molar-refractivity contribution in [3.05, 3.63) is 89.9 Å². The summed E-state index contributed by atoms with van der Waals surface area (Å²) >= 11 is 5.65. The third kappa shape index (κ3) is 4.24. The van der Waals surface area contributed by atoms with E-state index >= 15 is 0 Å². The number of aryl methyl sites for hydroxylation is 1. The van der Waals surface area contributed by atoms with Gasteiger partial charge in [-0.1, -0.05) is 42.5 Å². The van der Waals surface area contributed by atoms with Crippen LogP contribution < -0.4 is 10.2 Å². The normalized spacial score (nSPS) is 10.4. The zero-order valence-corrected chi connectivity index (χ0v) is 14.4.